The predicted octanol–water partition coefficient (Wildman–Crippen LogP) is 2.28. The summed E-state index contributed by atoms with van der Waals surface area (Å²) < 4.78 is 37.7. The molecule has 0 N–H and O–H groups in total. The molecule has 0 bridgehead atoms. The van der Waals surface area contributed by atoms with Crippen molar-refractivity contribution in [2.24, 2.45) is 0 Å². The van der Waals surface area contributed by atoms with E-state index in [2.05, 4.69) is 10.1 Å². The van der Waals surface area contributed by atoms with Crippen LogP contribution in [-0.4, -0.2) is 61.6 Å². The summed E-state index contributed by atoms with van der Waals surface area (Å²) in [7, 11) is -3.56. The highest BCUT2D eigenvalue weighted by Crippen LogP contribution is 2.32. The van der Waals surface area contributed by atoms with Gasteiger partial charge in [0.2, 0.25) is 27.6 Å². The quantitative estimate of drug-likeness (QED) is 0.582. The Bertz CT molecular complexity index is 1200. The van der Waals surface area contributed by atoms with Crippen molar-refractivity contribution in [3.05, 3.63) is 60.5 Å². The minimum absolute atomic E-state index is 0.0126. The Labute approximate surface area is 185 Å². The summed E-state index contributed by atoms with van der Waals surface area (Å²) in [6.07, 6.45) is 0.299. The molecule has 1 amide bonds. The Balaban J connectivity index is 1.31. The number of ether oxygens (including phenoxy) is 1. The first-order valence-corrected chi connectivity index (χ1v) is 11.8. The van der Waals surface area contributed by atoms with Crippen molar-refractivity contribution in [3.63, 3.8) is 0 Å². The molecule has 166 valence electrons. The highest BCUT2D eigenvalue weighted by molar-refractivity contribution is 7.89. The smallest absolute Gasteiger partial charge is 0.243 e. The zero-order chi connectivity index (χ0) is 22.1. The molecule has 2 aromatic carbocycles. The molecule has 10 heteroatoms. The molecule has 0 saturated carbocycles. The fourth-order valence-corrected chi connectivity index (χ4v) is 5.37. The van der Waals surface area contributed by atoms with Gasteiger partial charge in [0.1, 0.15) is 0 Å². The van der Waals surface area contributed by atoms with Gasteiger partial charge >= 0.3 is 0 Å². The van der Waals surface area contributed by atoms with Crippen molar-refractivity contribution >= 4 is 21.6 Å². The second-order valence-electron chi connectivity index (χ2n) is 7.74. The number of hydrogen-bond donors (Lipinski definition) is 0. The third kappa shape index (κ3) is 3.92. The topological polar surface area (TPSA) is 106 Å². The van der Waals surface area contributed by atoms with E-state index in [0.717, 1.165) is 5.69 Å². The van der Waals surface area contributed by atoms with Gasteiger partial charge in [-0.2, -0.15) is 9.29 Å². The van der Waals surface area contributed by atoms with Crippen LogP contribution in [0.25, 0.3) is 11.4 Å². The van der Waals surface area contributed by atoms with E-state index < -0.39 is 10.0 Å². The lowest BCUT2D eigenvalue weighted by Crippen LogP contribution is -2.40. The van der Waals surface area contributed by atoms with Crippen LogP contribution < -0.4 is 4.90 Å². The van der Waals surface area contributed by atoms with Crippen LogP contribution >= 0.6 is 0 Å². The fourth-order valence-electron chi connectivity index (χ4n) is 3.96. The second kappa shape index (κ2) is 8.45. The average molecular weight is 455 g/mol. The van der Waals surface area contributed by atoms with Gasteiger partial charge in [0.25, 0.3) is 0 Å². The number of benzene rings is 2. The number of nitrogens with zero attached hydrogens (tertiary/aromatic N) is 4. The molecule has 9 nitrogen and oxygen atoms in total. The van der Waals surface area contributed by atoms with E-state index in [-0.39, 0.29) is 16.7 Å². The maximum Gasteiger partial charge on any atom is 0.243 e. The number of amides is 1. The minimum atomic E-state index is -3.56. The number of aromatic nitrogens is 2. The highest BCUT2D eigenvalue weighted by Gasteiger charge is 2.35. The molecule has 3 heterocycles. The van der Waals surface area contributed by atoms with Crippen molar-refractivity contribution in [1.29, 1.82) is 0 Å². The van der Waals surface area contributed by atoms with Crippen LogP contribution in [0.3, 0.4) is 0 Å². The molecule has 1 aromatic heterocycles. The maximum absolute atomic E-state index is 12.8. The molecule has 2 aliphatic heterocycles. The van der Waals surface area contributed by atoms with E-state index in [4.69, 9.17) is 9.26 Å². The second-order valence-corrected chi connectivity index (χ2v) is 9.68. The monoisotopic (exact) mass is 454 g/mol. The lowest BCUT2D eigenvalue weighted by Gasteiger charge is -2.26. The third-order valence-corrected chi connectivity index (χ3v) is 7.62. The van der Waals surface area contributed by atoms with Gasteiger partial charge in [0.15, 0.2) is 0 Å². The number of para-hydroxylation sites is 1. The number of rotatable bonds is 5. The van der Waals surface area contributed by atoms with Crippen LogP contribution in [0, 0.1) is 0 Å². The Hall–Kier alpha value is -3.08. The first-order chi connectivity index (χ1) is 15.5. The summed E-state index contributed by atoms with van der Waals surface area (Å²) >= 11 is 0. The van der Waals surface area contributed by atoms with E-state index in [1.807, 2.05) is 30.3 Å². The van der Waals surface area contributed by atoms with Crippen LogP contribution in [0.4, 0.5) is 5.69 Å². The van der Waals surface area contributed by atoms with Crippen molar-refractivity contribution in [2.45, 2.75) is 17.2 Å². The van der Waals surface area contributed by atoms with Crippen molar-refractivity contribution < 1.29 is 22.5 Å². The largest absolute Gasteiger partial charge is 0.379 e. The Morgan fingerprint density at radius 2 is 1.69 bits per heavy atom. The average Bonchev–Trinajstić information content (AvgIpc) is 3.47. The molecular formula is C22H22N4O5S. The zero-order valence-corrected chi connectivity index (χ0v) is 18.1. The van der Waals surface area contributed by atoms with E-state index in [1.54, 1.807) is 29.2 Å². The number of sulfonamides is 1. The molecule has 1 atom stereocenters. The number of carbonyl (C=O) groups excluding carboxylic acids is 1. The first-order valence-electron chi connectivity index (χ1n) is 10.4. The van der Waals surface area contributed by atoms with Crippen molar-refractivity contribution in [3.8, 4) is 11.4 Å². The van der Waals surface area contributed by atoms with Gasteiger partial charge in [-0.1, -0.05) is 23.4 Å². The third-order valence-electron chi connectivity index (χ3n) is 5.70. The Kier molecular flexibility index (Phi) is 5.50. The Morgan fingerprint density at radius 3 is 2.41 bits per heavy atom. The number of hydrogen-bond acceptors (Lipinski definition) is 7. The molecular weight excluding hydrogens is 432 g/mol. The van der Waals surface area contributed by atoms with Gasteiger partial charge in [-0.25, -0.2) is 8.42 Å². The summed E-state index contributed by atoms with van der Waals surface area (Å²) in [5.74, 6) is 0.585. The lowest BCUT2D eigenvalue weighted by molar-refractivity contribution is -0.117. The van der Waals surface area contributed by atoms with E-state index in [0.29, 0.717) is 56.5 Å². The van der Waals surface area contributed by atoms with Gasteiger partial charge in [-0.15, -0.1) is 0 Å². The van der Waals surface area contributed by atoms with Gasteiger partial charge < -0.3 is 14.2 Å². The summed E-state index contributed by atoms with van der Waals surface area (Å²) in [4.78, 5) is 18.9. The molecule has 2 aliphatic rings. The molecule has 1 unspecified atom stereocenters. The summed E-state index contributed by atoms with van der Waals surface area (Å²) in [6, 6.07) is 15.9. The fraction of sp³-hybridized carbons (Fsp3) is 0.318. The zero-order valence-electron chi connectivity index (χ0n) is 17.3. The molecule has 2 fully saturated rings. The van der Waals surface area contributed by atoms with Crippen LogP contribution in [0.15, 0.2) is 64.0 Å². The molecule has 32 heavy (non-hydrogen) atoms. The summed E-state index contributed by atoms with van der Waals surface area (Å²) in [5, 5.41) is 4.04. The first kappa shape index (κ1) is 20.8. The van der Waals surface area contributed by atoms with Gasteiger partial charge in [0, 0.05) is 37.3 Å². The van der Waals surface area contributed by atoms with Crippen molar-refractivity contribution in [1.82, 2.24) is 14.4 Å². The number of morpholine rings is 1. The summed E-state index contributed by atoms with van der Waals surface area (Å²) in [6.45, 7) is 1.96. The highest BCUT2D eigenvalue weighted by atomic mass is 32.2. The van der Waals surface area contributed by atoms with Crippen LogP contribution in [0.2, 0.25) is 0 Å². The number of anilines is 1. The SMILES string of the molecule is O=C1CC(c2nc(-c3ccc(S(=O)(=O)N4CCOCC4)cc3)no2)CN1c1ccccc1. The molecule has 3 aromatic rings. The molecule has 5 rings (SSSR count). The van der Waals surface area contributed by atoms with Crippen LogP contribution in [0.1, 0.15) is 18.2 Å². The molecule has 2 saturated heterocycles. The lowest BCUT2D eigenvalue weighted by atomic mass is 10.1. The van der Waals surface area contributed by atoms with Gasteiger partial charge in [0.05, 0.1) is 24.0 Å². The number of carbonyl (C=O) groups is 1. The van der Waals surface area contributed by atoms with Crippen molar-refractivity contribution in [2.75, 3.05) is 37.7 Å². The molecule has 0 radical (unpaired) electrons. The summed E-state index contributed by atoms with van der Waals surface area (Å²) in [5.41, 5.74) is 1.49. The molecule has 0 aliphatic carbocycles. The predicted molar refractivity (Wildman–Crippen MR) is 115 cm³/mol. The van der Waals surface area contributed by atoms with Gasteiger partial charge in [-0.05, 0) is 36.4 Å². The normalized spacial score (nSPS) is 20.1. The van der Waals surface area contributed by atoms with E-state index in [9.17, 15) is 13.2 Å². The maximum atomic E-state index is 12.8. The minimum Gasteiger partial charge on any atom is -0.379 e. The standard InChI is InChI=1S/C22H22N4O5S/c27-20-14-17(15-26(20)18-4-2-1-3-5-18)22-23-21(24-31-22)16-6-8-19(9-7-16)32(28,29)25-10-12-30-13-11-25/h1-9,17H,10-15H2. The van der Waals surface area contributed by atoms with E-state index >= 15 is 0 Å². The van der Waals surface area contributed by atoms with Gasteiger partial charge in [-0.3, -0.25) is 4.79 Å². The molecule has 0 spiro atoms. The van der Waals surface area contributed by atoms with Crippen LogP contribution in [0.5, 0.6) is 0 Å². The van der Waals surface area contributed by atoms with Crippen LogP contribution in [-0.2, 0) is 19.6 Å². The Morgan fingerprint density at radius 1 is 0.969 bits per heavy atom. The van der Waals surface area contributed by atoms with E-state index in [1.165, 1.54) is 4.31 Å².